The summed E-state index contributed by atoms with van der Waals surface area (Å²) in [6.07, 6.45) is 0. The SMILES string of the molecule is COC(=O)[C@@H](C(C)=O)[C@H](NC(C)=O)c1ccccc1OC. The molecule has 0 unspecified atom stereocenters. The molecule has 1 aromatic carbocycles. The number of amides is 1. The minimum atomic E-state index is -1.13. The van der Waals surface area contributed by atoms with Crippen LogP contribution in [0.2, 0.25) is 0 Å². The lowest BCUT2D eigenvalue weighted by Crippen LogP contribution is -2.39. The quantitative estimate of drug-likeness (QED) is 0.630. The molecule has 1 aromatic rings. The van der Waals surface area contributed by atoms with Crippen LogP contribution in [0.1, 0.15) is 25.5 Å². The molecule has 6 heteroatoms. The van der Waals surface area contributed by atoms with Gasteiger partial charge in [-0.15, -0.1) is 0 Å². The van der Waals surface area contributed by atoms with Crippen LogP contribution < -0.4 is 10.1 Å². The zero-order chi connectivity index (χ0) is 16.0. The summed E-state index contributed by atoms with van der Waals surface area (Å²) in [6.45, 7) is 2.60. The molecule has 114 valence electrons. The highest BCUT2D eigenvalue weighted by Crippen LogP contribution is 2.31. The smallest absolute Gasteiger partial charge is 0.318 e. The molecule has 0 aliphatic carbocycles. The van der Waals surface area contributed by atoms with Crippen molar-refractivity contribution >= 4 is 17.7 Å². The fourth-order valence-electron chi connectivity index (χ4n) is 2.15. The van der Waals surface area contributed by atoms with E-state index in [0.29, 0.717) is 11.3 Å². The molecule has 2 atom stereocenters. The number of ether oxygens (including phenoxy) is 2. The van der Waals surface area contributed by atoms with E-state index in [2.05, 4.69) is 10.1 Å². The molecule has 1 amide bonds. The van der Waals surface area contributed by atoms with Crippen LogP contribution in [0.3, 0.4) is 0 Å². The average Bonchev–Trinajstić information content (AvgIpc) is 2.45. The summed E-state index contributed by atoms with van der Waals surface area (Å²) in [4.78, 5) is 35.2. The molecule has 1 rings (SSSR count). The molecule has 0 bridgehead atoms. The van der Waals surface area contributed by atoms with Gasteiger partial charge in [0.05, 0.1) is 20.3 Å². The number of carbonyl (C=O) groups is 3. The van der Waals surface area contributed by atoms with Crippen LogP contribution >= 0.6 is 0 Å². The van der Waals surface area contributed by atoms with E-state index in [1.165, 1.54) is 28.1 Å². The van der Waals surface area contributed by atoms with Crippen molar-refractivity contribution in [1.82, 2.24) is 5.32 Å². The highest BCUT2D eigenvalue weighted by molar-refractivity contribution is 5.99. The first kappa shape index (κ1) is 16.7. The standard InChI is InChI=1S/C15H19NO5/c1-9(17)13(15(19)21-4)14(16-10(2)18)11-7-5-6-8-12(11)20-3/h5-8,13-14H,1-4H3,(H,16,18)/t13-,14+/m0/s1. The van der Waals surface area contributed by atoms with Crippen molar-refractivity contribution in [2.75, 3.05) is 14.2 Å². The Bertz CT molecular complexity index is 541. The maximum absolute atomic E-state index is 11.9. The van der Waals surface area contributed by atoms with Crippen LogP contribution in [0.4, 0.5) is 0 Å². The fraction of sp³-hybridized carbons (Fsp3) is 0.400. The lowest BCUT2D eigenvalue weighted by molar-refractivity contribution is -0.150. The zero-order valence-electron chi connectivity index (χ0n) is 12.5. The molecule has 0 aliphatic heterocycles. The summed E-state index contributed by atoms with van der Waals surface area (Å²) in [7, 11) is 2.68. The van der Waals surface area contributed by atoms with Gasteiger partial charge in [0.1, 0.15) is 17.5 Å². The third kappa shape index (κ3) is 4.05. The lowest BCUT2D eigenvalue weighted by atomic mass is 9.89. The number of hydrogen-bond acceptors (Lipinski definition) is 5. The number of hydrogen-bond donors (Lipinski definition) is 1. The summed E-state index contributed by atoms with van der Waals surface area (Å²) in [6, 6.07) is 6.04. The van der Waals surface area contributed by atoms with Gasteiger partial charge in [-0.1, -0.05) is 18.2 Å². The van der Waals surface area contributed by atoms with Gasteiger partial charge in [0.15, 0.2) is 0 Å². The van der Waals surface area contributed by atoms with Gasteiger partial charge in [-0.25, -0.2) is 0 Å². The third-order valence-corrected chi connectivity index (χ3v) is 3.06. The summed E-state index contributed by atoms with van der Waals surface area (Å²) >= 11 is 0. The van der Waals surface area contributed by atoms with Crippen LogP contribution in [0, 0.1) is 5.92 Å². The molecule has 21 heavy (non-hydrogen) atoms. The summed E-state index contributed by atoms with van der Waals surface area (Å²) < 4.78 is 9.92. The van der Waals surface area contributed by atoms with E-state index in [0.717, 1.165) is 0 Å². The van der Waals surface area contributed by atoms with Gasteiger partial charge in [-0.2, -0.15) is 0 Å². The highest BCUT2D eigenvalue weighted by Gasteiger charge is 2.36. The van der Waals surface area contributed by atoms with Crippen LogP contribution in [0.15, 0.2) is 24.3 Å². The molecule has 1 N–H and O–H groups in total. The van der Waals surface area contributed by atoms with Crippen LogP contribution in [0.5, 0.6) is 5.75 Å². The summed E-state index contributed by atoms with van der Waals surface area (Å²) in [5.74, 6) is -2.11. The number of methoxy groups -OCH3 is 2. The van der Waals surface area contributed by atoms with E-state index in [-0.39, 0.29) is 5.91 Å². The van der Waals surface area contributed by atoms with Crippen molar-refractivity contribution < 1.29 is 23.9 Å². The number of Topliss-reactive ketones (excluding diaryl/α,β-unsaturated/α-hetero) is 1. The van der Waals surface area contributed by atoms with Crippen LogP contribution in [-0.2, 0) is 19.1 Å². The second-order valence-electron chi connectivity index (χ2n) is 4.53. The molecule has 0 aromatic heterocycles. The molecule has 0 heterocycles. The molecular weight excluding hydrogens is 274 g/mol. The van der Waals surface area contributed by atoms with Crippen molar-refractivity contribution in [2.24, 2.45) is 5.92 Å². The number of para-hydroxylation sites is 1. The predicted octanol–water partition coefficient (Wildman–Crippen LogP) is 1.25. The van der Waals surface area contributed by atoms with Gasteiger partial charge in [0, 0.05) is 12.5 Å². The Kier molecular flexibility index (Phi) is 5.90. The first-order chi connectivity index (χ1) is 9.92. The Balaban J connectivity index is 3.35. The van der Waals surface area contributed by atoms with Gasteiger partial charge in [-0.05, 0) is 13.0 Å². The molecular formula is C15H19NO5. The number of benzene rings is 1. The molecule has 0 spiro atoms. The minimum absolute atomic E-state index is 0.360. The lowest BCUT2D eigenvalue weighted by Gasteiger charge is -2.25. The number of rotatable bonds is 6. The number of ketones is 1. The molecule has 0 saturated carbocycles. The Labute approximate surface area is 123 Å². The van der Waals surface area contributed by atoms with Gasteiger partial charge >= 0.3 is 5.97 Å². The van der Waals surface area contributed by atoms with Crippen molar-refractivity contribution in [3.8, 4) is 5.75 Å². The van der Waals surface area contributed by atoms with Crippen molar-refractivity contribution in [1.29, 1.82) is 0 Å². The van der Waals surface area contributed by atoms with E-state index in [9.17, 15) is 14.4 Å². The maximum atomic E-state index is 11.9. The van der Waals surface area contributed by atoms with E-state index in [4.69, 9.17) is 4.74 Å². The first-order valence-corrected chi connectivity index (χ1v) is 6.40. The second-order valence-corrected chi connectivity index (χ2v) is 4.53. The summed E-state index contributed by atoms with van der Waals surface area (Å²) in [5, 5.41) is 2.63. The van der Waals surface area contributed by atoms with E-state index in [1.54, 1.807) is 24.3 Å². The Morgan fingerprint density at radius 3 is 2.19 bits per heavy atom. The second kappa shape index (κ2) is 7.42. The minimum Gasteiger partial charge on any atom is -0.496 e. The molecule has 6 nitrogen and oxygen atoms in total. The highest BCUT2D eigenvalue weighted by atomic mass is 16.5. The molecule has 0 fully saturated rings. The number of nitrogens with one attached hydrogen (secondary N) is 1. The van der Waals surface area contributed by atoms with E-state index in [1.807, 2.05) is 0 Å². The monoisotopic (exact) mass is 293 g/mol. The largest absolute Gasteiger partial charge is 0.496 e. The average molecular weight is 293 g/mol. The Morgan fingerprint density at radius 1 is 1.10 bits per heavy atom. The van der Waals surface area contributed by atoms with Crippen LogP contribution in [0.25, 0.3) is 0 Å². The normalized spacial score (nSPS) is 13.0. The van der Waals surface area contributed by atoms with Gasteiger partial charge in [-0.3, -0.25) is 14.4 Å². The molecule has 0 radical (unpaired) electrons. The Morgan fingerprint density at radius 2 is 1.71 bits per heavy atom. The first-order valence-electron chi connectivity index (χ1n) is 6.40. The van der Waals surface area contributed by atoms with Crippen molar-refractivity contribution in [2.45, 2.75) is 19.9 Å². The zero-order valence-corrected chi connectivity index (χ0v) is 12.5. The number of carbonyl (C=O) groups excluding carboxylic acids is 3. The Hall–Kier alpha value is -2.37. The molecule has 0 aliphatic rings. The predicted molar refractivity (Wildman–Crippen MR) is 75.7 cm³/mol. The summed E-state index contributed by atoms with van der Waals surface area (Å²) in [5.41, 5.74) is 0.542. The number of esters is 1. The molecule has 0 saturated heterocycles. The fourth-order valence-corrected chi connectivity index (χ4v) is 2.15. The van der Waals surface area contributed by atoms with Gasteiger partial charge in [0.25, 0.3) is 0 Å². The van der Waals surface area contributed by atoms with E-state index < -0.39 is 23.7 Å². The van der Waals surface area contributed by atoms with Gasteiger partial charge < -0.3 is 14.8 Å². The van der Waals surface area contributed by atoms with E-state index >= 15 is 0 Å². The van der Waals surface area contributed by atoms with Crippen LogP contribution in [-0.4, -0.2) is 31.9 Å². The topological polar surface area (TPSA) is 81.7 Å². The maximum Gasteiger partial charge on any atom is 0.318 e. The van der Waals surface area contributed by atoms with Crippen molar-refractivity contribution in [3.63, 3.8) is 0 Å². The van der Waals surface area contributed by atoms with Crippen molar-refractivity contribution in [3.05, 3.63) is 29.8 Å². The van der Waals surface area contributed by atoms with Gasteiger partial charge in [0.2, 0.25) is 5.91 Å². The third-order valence-electron chi connectivity index (χ3n) is 3.06.